The predicted molar refractivity (Wildman–Crippen MR) is 141 cm³/mol. The zero-order valence-corrected chi connectivity index (χ0v) is 21.2. The molecule has 1 saturated heterocycles. The number of rotatable bonds is 7. The van der Waals surface area contributed by atoms with Crippen LogP contribution in [-0.4, -0.2) is 69.0 Å². The highest BCUT2D eigenvalue weighted by atomic mass is 35.5. The number of nitrogens with one attached hydrogen (secondary N) is 1. The molecule has 1 saturated carbocycles. The van der Waals surface area contributed by atoms with Crippen molar-refractivity contribution in [2.45, 2.75) is 43.3 Å². The molecule has 2 heterocycles. The summed E-state index contributed by atoms with van der Waals surface area (Å²) in [7, 11) is 0. The van der Waals surface area contributed by atoms with E-state index in [2.05, 4.69) is 42.8 Å². The van der Waals surface area contributed by atoms with Crippen molar-refractivity contribution in [2.75, 3.05) is 42.1 Å². The molecule has 1 aliphatic heterocycles. The number of piperazine rings is 1. The zero-order chi connectivity index (χ0) is 24.0. The summed E-state index contributed by atoms with van der Waals surface area (Å²) in [6.45, 7) is 4.38. The third kappa shape index (κ3) is 6.15. The van der Waals surface area contributed by atoms with Gasteiger partial charge in [0.1, 0.15) is 0 Å². The Kier molecular flexibility index (Phi) is 7.85. The molecule has 2 aromatic carbocycles. The maximum absolute atomic E-state index is 12.5. The van der Waals surface area contributed by atoms with Crippen LogP contribution < -0.4 is 10.2 Å². The van der Waals surface area contributed by atoms with Gasteiger partial charge < -0.3 is 10.2 Å². The van der Waals surface area contributed by atoms with Gasteiger partial charge in [0, 0.05) is 48.6 Å². The third-order valence-electron chi connectivity index (χ3n) is 6.77. The lowest BCUT2D eigenvalue weighted by Gasteiger charge is -2.41. The molecule has 0 radical (unpaired) electrons. The Morgan fingerprint density at radius 3 is 2.34 bits per heavy atom. The van der Waals surface area contributed by atoms with Crippen molar-refractivity contribution >= 4 is 40.6 Å². The van der Waals surface area contributed by atoms with Gasteiger partial charge in [-0.25, -0.2) is 0 Å². The average molecular weight is 512 g/mol. The summed E-state index contributed by atoms with van der Waals surface area (Å²) in [6, 6.07) is 16.2. The van der Waals surface area contributed by atoms with Gasteiger partial charge in [0.2, 0.25) is 11.1 Å². The van der Waals surface area contributed by atoms with Crippen molar-refractivity contribution in [3.63, 3.8) is 0 Å². The van der Waals surface area contributed by atoms with E-state index in [9.17, 15) is 4.79 Å². The molecular weight excluding hydrogens is 482 g/mol. The minimum atomic E-state index is -0.102. The van der Waals surface area contributed by atoms with E-state index in [1.165, 1.54) is 49.6 Å². The lowest BCUT2D eigenvalue weighted by atomic mass is 9.94. The lowest BCUT2D eigenvalue weighted by molar-refractivity contribution is -0.113. The molecule has 35 heavy (non-hydrogen) atoms. The Hall–Kier alpha value is -2.62. The summed E-state index contributed by atoms with van der Waals surface area (Å²) in [5, 5.41) is 15.9. The van der Waals surface area contributed by atoms with Gasteiger partial charge in [0.25, 0.3) is 0 Å². The van der Waals surface area contributed by atoms with E-state index in [-0.39, 0.29) is 11.7 Å². The highest BCUT2D eigenvalue weighted by Crippen LogP contribution is 2.26. The van der Waals surface area contributed by atoms with Crippen molar-refractivity contribution in [3.05, 3.63) is 53.6 Å². The minimum Gasteiger partial charge on any atom is -0.369 e. The van der Waals surface area contributed by atoms with Gasteiger partial charge >= 0.3 is 0 Å². The van der Waals surface area contributed by atoms with Crippen LogP contribution in [0.4, 0.5) is 11.4 Å². The van der Waals surface area contributed by atoms with E-state index in [1.54, 1.807) is 16.8 Å². The van der Waals surface area contributed by atoms with Gasteiger partial charge in [-0.15, -0.1) is 5.10 Å². The molecule has 0 unspecified atom stereocenters. The molecule has 0 bridgehead atoms. The Morgan fingerprint density at radius 1 is 0.943 bits per heavy atom. The first-order valence-corrected chi connectivity index (χ1v) is 13.6. The minimum absolute atomic E-state index is 0.102. The van der Waals surface area contributed by atoms with Crippen LogP contribution in [0.1, 0.15) is 32.1 Å². The number of anilines is 2. The van der Waals surface area contributed by atoms with Crippen LogP contribution in [-0.2, 0) is 4.79 Å². The predicted octanol–water partition coefficient (Wildman–Crippen LogP) is 4.50. The van der Waals surface area contributed by atoms with E-state index in [1.807, 2.05) is 24.3 Å². The number of carbonyl (C=O) groups excluding carboxylic acids is 1. The Labute approximate surface area is 215 Å². The SMILES string of the molecule is O=C(CSc1nnnn1-c1ccc(Cl)cc1)Nc1ccc(N2CCN(C3CCCCC3)CC2)cc1. The highest BCUT2D eigenvalue weighted by molar-refractivity contribution is 7.99. The number of thioether (sulfide) groups is 1. The molecule has 1 amide bonds. The van der Waals surface area contributed by atoms with Crippen LogP contribution in [0.3, 0.4) is 0 Å². The summed E-state index contributed by atoms with van der Waals surface area (Å²) in [5.74, 6) is 0.105. The number of aromatic nitrogens is 4. The number of hydrogen-bond acceptors (Lipinski definition) is 7. The standard InChI is InChI=1S/C25H30ClN7OS/c26-19-6-10-23(11-7-19)33-25(28-29-30-33)35-18-24(34)27-20-8-12-22(13-9-20)32-16-14-31(15-17-32)21-4-2-1-3-5-21/h6-13,21H,1-5,14-18H2,(H,27,34). The number of hydrogen-bond donors (Lipinski definition) is 1. The topological polar surface area (TPSA) is 79.2 Å². The Balaban J connectivity index is 1.10. The first-order valence-electron chi connectivity index (χ1n) is 12.2. The highest BCUT2D eigenvalue weighted by Gasteiger charge is 2.25. The maximum atomic E-state index is 12.5. The van der Waals surface area contributed by atoms with Crippen LogP contribution in [0.2, 0.25) is 5.02 Å². The fourth-order valence-corrected chi connectivity index (χ4v) is 5.70. The second-order valence-corrected chi connectivity index (χ2v) is 10.4. The molecule has 0 atom stereocenters. The molecule has 3 aromatic rings. The molecule has 2 fully saturated rings. The van der Waals surface area contributed by atoms with Crippen LogP contribution in [0.25, 0.3) is 5.69 Å². The summed E-state index contributed by atoms with van der Waals surface area (Å²) < 4.78 is 1.59. The molecule has 10 heteroatoms. The summed E-state index contributed by atoms with van der Waals surface area (Å²) >= 11 is 7.24. The van der Waals surface area contributed by atoms with Gasteiger partial charge in [-0.3, -0.25) is 9.69 Å². The van der Waals surface area contributed by atoms with E-state index < -0.39 is 0 Å². The van der Waals surface area contributed by atoms with E-state index in [0.29, 0.717) is 10.2 Å². The lowest BCUT2D eigenvalue weighted by Crippen LogP contribution is -2.50. The normalized spacial score (nSPS) is 17.5. The number of carbonyl (C=O) groups is 1. The van der Waals surface area contributed by atoms with Crippen LogP contribution in [0.5, 0.6) is 0 Å². The first kappa shape index (κ1) is 24.1. The molecule has 5 rings (SSSR count). The molecule has 184 valence electrons. The van der Waals surface area contributed by atoms with Gasteiger partial charge in [0.05, 0.1) is 11.4 Å². The van der Waals surface area contributed by atoms with Crippen molar-refractivity contribution in [2.24, 2.45) is 0 Å². The molecule has 0 spiro atoms. The number of amides is 1. The molecule has 1 N–H and O–H groups in total. The fraction of sp³-hybridized carbons (Fsp3) is 0.440. The summed E-state index contributed by atoms with van der Waals surface area (Å²) in [4.78, 5) is 17.7. The van der Waals surface area contributed by atoms with Gasteiger partial charge in [-0.2, -0.15) is 4.68 Å². The molecule has 1 aliphatic carbocycles. The zero-order valence-electron chi connectivity index (χ0n) is 19.6. The Bertz CT molecular complexity index is 1110. The quantitative estimate of drug-likeness (QED) is 0.468. The van der Waals surface area contributed by atoms with Crippen LogP contribution >= 0.6 is 23.4 Å². The molecular formula is C25H30ClN7OS. The maximum Gasteiger partial charge on any atom is 0.234 e. The first-order chi connectivity index (χ1) is 17.2. The largest absolute Gasteiger partial charge is 0.369 e. The average Bonchev–Trinajstić information content (AvgIpc) is 3.38. The number of halogens is 1. The third-order valence-corrected chi connectivity index (χ3v) is 7.94. The molecule has 2 aliphatic rings. The van der Waals surface area contributed by atoms with Gasteiger partial charge in [-0.1, -0.05) is 42.6 Å². The fourth-order valence-electron chi connectivity index (χ4n) is 4.89. The van der Waals surface area contributed by atoms with Gasteiger partial charge in [0.15, 0.2) is 0 Å². The van der Waals surface area contributed by atoms with Crippen molar-refractivity contribution in [1.29, 1.82) is 0 Å². The number of tetrazole rings is 1. The van der Waals surface area contributed by atoms with Crippen molar-refractivity contribution in [3.8, 4) is 5.69 Å². The number of benzene rings is 2. The summed E-state index contributed by atoms with van der Waals surface area (Å²) in [5.41, 5.74) is 2.79. The van der Waals surface area contributed by atoms with Gasteiger partial charge in [-0.05, 0) is 71.8 Å². The van der Waals surface area contributed by atoms with Crippen molar-refractivity contribution < 1.29 is 4.79 Å². The molecule has 1 aromatic heterocycles. The van der Waals surface area contributed by atoms with Crippen LogP contribution in [0.15, 0.2) is 53.7 Å². The van der Waals surface area contributed by atoms with Crippen LogP contribution in [0, 0.1) is 0 Å². The second-order valence-electron chi connectivity index (χ2n) is 9.05. The second kappa shape index (κ2) is 11.4. The van der Waals surface area contributed by atoms with E-state index in [4.69, 9.17) is 11.6 Å². The Morgan fingerprint density at radius 2 is 1.63 bits per heavy atom. The smallest absolute Gasteiger partial charge is 0.234 e. The van der Waals surface area contributed by atoms with E-state index >= 15 is 0 Å². The monoisotopic (exact) mass is 511 g/mol. The molecule has 8 nitrogen and oxygen atoms in total. The summed E-state index contributed by atoms with van der Waals surface area (Å²) in [6.07, 6.45) is 6.90. The van der Waals surface area contributed by atoms with E-state index in [0.717, 1.165) is 43.6 Å². The number of nitrogens with zero attached hydrogens (tertiary/aromatic N) is 6. The van der Waals surface area contributed by atoms with Crippen molar-refractivity contribution in [1.82, 2.24) is 25.1 Å².